The standard InChI is InChI=1S/C19H15ClFNO3/c20-14-3-1-4-15(21)18(14)19(24)22-11-16(23)12-6-8-13(9-7-12)17-5-2-10-25-17/h1-10,16,23H,11H2,(H,22,24). The van der Waals surface area contributed by atoms with Gasteiger partial charge in [-0.15, -0.1) is 0 Å². The molecule has 1 aromatic heterocycles. The van der Waals surface area contributed by atoms with Gasteiger partial charge in [-0.1, -0.05) is 41.9 Å². The first kappa shape index (κ1) is 17.2. The van der Waals surface area contributed by atoms with E-state index in [0.29, 0.717) is 5.56 Å². The fraction of sp³-hybridized carbons (Fsp3) is 0.105. The lowest BCUT2D eigenvalue weighted by molar-refractivity contribution is 0.0912. The molecule has 0 fully saturated rings. The van der Waals surface area contributed by atoms with Gasteiger partial charge in [-0.05, 0) is 29.8 Å². The molecule has 1 atom stereocenters. The summed E-state index contributed by atoms with van der Waals surface area (Å²) in [7, 11) is 0. The molecule has 1 heterocycles. The molecule has 0 saturated heterocycles. The van der Waals surface area contributed by atoms with Gasteiger partial charge in [-0.3, -0.25) is 4.79 Å². The van der Waals surface area contributed by atoms with Gasteiger partial charge in [0.2, 0.25) is 0 Å². The largest absolute Gasteiger partial charge is 0.464 e. The van der Waals surface area contributed by atoms with Crippen LogP contribution >= 0.6 is 11.6 Å². The lowest BCUT2D eigenvalue weighted by atomic mass is 10.1. The zero-order chi connectivity index (χ0) is 17.8. The summed E-state index contributed by atoms with van der Waals surface area (Å²) in [6, 6.07) is 14.7. The van der Waals surface area contributed by atoms with Gasteiger partial charge in [0, 0.05) is 12.1 Å². The maximum atomic E-state index is 13.7. The van der Waals surface area contributed by atoms with Crippen molar-refractivity contribution >= 4 is 17.5 Å². The lowest BCUT2D eigenvalue weighted by Crippen LogP contribution is -2.29. The summed E-state index contributed by atoms with van der Waals surface area (Å²) in [5.74, 6) is -0.653. The van der Waals surface area contributed by atoms with Crippen molar-refractivity contribution in [1.82, 2.24) is 5.32 Å². The van der Waals surface area contributed by atoms with Crippen LogP contribution < -0.4 is 5.32 Å². The van der Waals surface area contributed by atoms with Gasteiger partial charge in [0.05, 0.1) is 23.0 Å². The van der Waals surface area contributed by atoms with Crippen LogP contribution in [0.3, 0.4) is 0 Å². The van der Waals surface area contributed by atoms with Crippen molar-refractivity contribution in [2.24, 2.45) is 0 Å². The van der Waals surface area contributed by atoms with E-state index in [1.54, 1.807) is 24.5 Å². The van der Waals surface area contributed by atoms with Crippen molar-refractivity contribution in [2.45, 2.75) is 6.10 Å². The summed E-state index contributed by atoms with van der Waals surface area (Å²) >= 11 is 5.85. The SMILES string of the molecule is O=C(NCC(O)c1ccc(-c2ccco2)cc1)c1c(F)cccc1Cl. The molecule has 0 aliphatic rings. The van der Waals surface area contributed by atoms with Crippen LogP contribution in [0.2, 0.25) is 5.02 Å². The predicted octanol–water partition coefficient (Wildman–Crippen LogP) is 4.20. The number of aliphatic hydroxyl groups is 1. The third kappa shape index (κ3) is 3.90. The average Bonchev–Trinajstić information content (AvgIpc) is 3.14. The molecule has 2 aromatic carbocycles. The number of hydrogen-bond donors (Lipinski definition) is 2. The molecule has 0 aliphatic carbocycles. The highest BCUT2D eigenvalue weighted by molar-refractivity contribution is 6.33. The number of carbonyl (C=O) groups excluding carboxylic acids is 1. The number of halogens is 2. The molecule has 25 heavy (non-hydrogen) atoms. The maximum Gasteiger partial charge on any atom is 0.255 e. The van der Waals surface area contributed by atoms with E-state index in [4.69, 9.17) is 16.0 Å². The van der Waals surface area contributed by atoms with Crippen LogP contribution in [0.25, 0.3) is 11.3 Å². The number of amides is 1. The molecule has 0 bridgehead atoms. The van der Waals surface area contributed by atoms with E-state index in [1.165, 1.54) is 12.1 Å². The van der Waals surface area contributed by atoms with Crippen molar-refractivity contribution in [3.63, 3.8) is 0 Å². The minimum atomic E-state index is -0.930. The number of carbonyl (C=O) groups is 1. The minimum absolute atomic E-state index is 0.0230. The van der Waals surface area contributed by atoms with E-state index in [0.717, 1.165) is 17.4 Å². The van der Waals surface area contributed by atoms with Crippen LogP contribution in [-0.4, -0.2) is 17.6 Å². The van der Waals surface area contributed by atoms with E-state index in [2.05, 4.69) is 5.32 Å². The highest BCUT2D eigenvalue weighted by Gasteiger charge is 2.17. The monoisotopic (exact) mass is 359 g/mol. The summed E-state index contributed by atoms with van der Waals surface area (Å²) in [5, 5.41) is 12.7. The molecule has 1 unspecified atom stereocenters. The quantitative estimate of drug-likeness (QED) is 0.717. The molecular formula is C19H15ClFNO3. The van der Waals surface area contributed by atoms with Gasteiger partial charge in [0.1, 0.15) is 11.6 Å². The number of furan rings is 1. The number of hydrogen-bond acceptors (Lipinski definition) is 3. The zero-order valence-corrected chi connectivity index (χ0v) is 13.8. The molecule has 3 aromatic rings. The van der Waals surface area contributed by atoms with Gasteiger partial charge in [-0.25, -0.2) is 4.39 Å². The van der Waals surface area contributed by atoms with Crippen LogP contribution in [0.15, 0.2) is 65.3 Å². The van der Waals surface area contributed by atoms with Crippen LogP contribution in [0.4, 0.5) is 4.39 Å². The molecule has 0 spiro atoms. The van der Waals surface area contributed by atoms with Crippen molar-refractivity contribution in [1.29, 1.82) is 0 Å². The highest BCUT2D eigenvalue weighted by Crippen LogP contribution is 2.23. The Labute approximate surface area is 148 Å². The van der Waals surface area contributed by atoms with Crippen molar-refractivity contribution < 1.29 is 18.7 Å². The van der Waals surface area contributed by atoms with Gasteiger partial charge in [0.15, 0.2) is 0 Å². The second-order valence-corrected chi connectivity index (χ2v) is 5.83. The molecule has 1 amide bonds. The Hall–Kier alpha value is -2.63. The summed E-state index contributed by atoms with van der Waals surface area (Å²) in [6.45, 7) is -0.0659. The normalized spacial score (nSPS) is 12.0. The van der Waals surface area contributed by atoms with Gasteiger partial charge < -0.3 is 14.8 Å². The summed E-state index contributed by atoms with van der Waals surface area (Å²) < 4.78 is 19.0. The van der Waals surface area contributed by atoms with E-state index >= 15 is 0 Å². The third-order valence-electron chi connectivity index (χ3n) is 3.75. The highest BCUT2D eigenvalue weighted by atomic mass is 35.5. The fourth-order valence-electron chi connectivity index (χ4n) is 2.42. The van der Waals surface area contributed by atoms with E-state index in [-0.39, 0.29) is 17.1 Å². The first-order chi connectivity index (χ1) is 12.1. The molecule has 4 nitrogen and oxygen atoms in total. The number of nitrogens with one attached hydrogen (secondary N) is 1. The third-order valence-corrected chi connectivity index (χ3v) is 4.06. The van der Waals surface area contributed by atoms with Gasteiger partial charge >= 0.3 is 0 Å². The molecule has 0 radical (unpaired) electrons. The Balaban J connectivity index is 1.64. The molecule has 6 heteroatoms. The van der Waals surface area contributed by atoms with E-state index < -0.39 is 17.8 Å². The Morgan fingerprint density at radius 2 is 1.92 bits per heavy atom. The van der Waals surface area contributed by atoms with E-state index in [1.807, 2.05) is 18.2 Å². The number of aliphatic hydroxyl groups excluding tert-OH is 1. The van der Waals surface area contributed by atoms with Crippen LogP contribution in [0.1, 0.15) is 22.0 Å². The maximum absolute atomic E-state index is 13.7. The molecular weight excluding hydrogens is 345 g/mol. The predicted molar refractivity (Wildman–Crippen MR) is 92.8 cm³/mol. The Kier molecular flexibility index (Phi) is 5.16. The first-order valence-electron chi connectivity index (χ1n) is 7.60. The minimum Gasteiger partial charge on any atom is -0.464 e. The van der Waals surface area contributed by atoms with Crippen LogP contribution in [-0.2, 0) is 0 Å². The first-order valence-corrected chi connectivity index (χ1v) is 7.98. The van der Waals surface area contributed by atoms with Gasteiger partial charge in [0.25, 0.3) is 5.91 Å². The number of benzene rings is 2. The lowest BCUT2D eigenvalue weighted by Gasteiger charge is -2.13. The van der Waals surface area contributed by atoms with Crippen molar-refractivity contribution in [2.75, 3.05) is 6.54 Å². The Morgan fingerprint density at radius 3 is 2.56 bits per heavy atom. The molecule has 0 saturated carbocycles. The van der Waals surface area contributed by atoms with Crippen LogP contribution in [0.5, 0.6) is 0 Å². The van der Waals surface area contributed by atoms with Gasteiger partial charge in [-0.2, -0.15) is 0 Å². The van der Waals surface area contributed by atoms with Crippen molar-refractivity contribution in [3.8, 4) is 11.3 Å². The molecule has 0 aliphatic heterocycles. The average molecular weight is 360 g/mol. The Bertz CT molecular complexity index is 843. The molecule has 3 rings (SSSR count). The van der Waals surface area contributed by atoms with Crippen molar-refractivity contribution in [3.05, 3.63) is 82.8 Å². The smallest absolute Gasteiger partial charge is 0.255 e. The summed E-state index contributed by atoms with van der Waals surface area (Å²) in [4.78, 5) is 12.1. The summed E-state index contributed by atoms with van der Waals surface area (Å²) in [6.07, 6.45) is 0.654. The second-order valence-electron chi connectivity index (χ2n) is 5.42. The fourth-order valence-corrected chi connectivity index (χ4v) is 2.67. The Morgan fingerprint density at radius 1 is 1.16 bits per heavy atom. The summed E-state index contributed by atoms with van der Waals surface area (Å²) in [5.41, 5.74) is 1.27. The molecule has 2 N–H and O–H groups in total. The topological polar surface area (TPSA) is 62.5 Å². The molecule has 128 valence electrons. The number of rotatable bonds is 5. The second kappa shape index (κ2) is 7.51. The zero-order valence-electron chi connectivity index (χ0n) is 13.1. The van der Waals surface area contributed by atoms with Crippen LogP contribution in [0, 0.1) is 5.82 Å². The van der Waals surface area contributed by atoms with E-state index in [9.17, 15) is 14.3 Å².